The number of nitrogens with one attached hydrogen (secondary N) is 1. The van der Waals surface area contributed by atoms with E-state index < -0.39 is 41.7 Å². The van der Waals surface area contributed by atoms with E-state index in [-0.39, 0.29) is 12.1 Å². The van der Waals surface area contributed by atoms with Gasteiger partial charge in [-0.2, -0.15) is 13.2 Å². The number of halogens is 4. The minimum Gasteiger partial charge on any atom is -0.479 e. The van der Waals surface area contributed by atoms with Gasteiger partial charge in [0, 0.05) is 19.1 Å². The van der Waals surface area contributed by atoms with E-state index >= 15 is 0 Å². The highest BCUT2D eigenvalue weighted by atomic mass is 19.4. The van der Waals surface area contributed by atoms with Gasteiger partial charge in [0.25, 0.3) is 0 Å². The summed E-state index contributed by atoms with van der Waals surface area (Å²) >= 11 is 0. The van der Waals surface area contributed by atoms with Crippen molar-refractivity contribution in [2.45, 2.75) is 82.3 Å². The highest BCUT2D eigenvalue weighted by Gasteiger charge is 2.35. The quantitative estimate of drug-likeness (QED) is 0.253. The van der Waals surface area contributed by atoms with Crippen molar-refractivity contribution in [3.63, 3.8) is 0 Å². The van der Waals surface area contributed by atoms with Gasteiger partial charge in [0.05, 0.1) is 5.56 Å². The molecule has 8 nitrogen and oxygen atoms in total. The molecule has 2 fully saturated rings. The lowest BCUT2D eigenvalue weighted by Gasteiger charge is -2.37. The molecule has 1 aliphatic heterocycles. The zero-order valence-electron chi connectivity index (χ0n) is 20.6. The molecule has 1 aliphatic carbocycles. The zero-order chi connectivity index (χ0) is 27.6. The molecule has 0 aromatic heterocycles. The molecule has 1 heterocycles. The van der Waals surface area contributed by atoms with Gasteiger partial charge >= 0.3 is 18.1 Å². The van der Waals surface area contributed by atoms with Crippen molar-refractivity contribution in [1.82, 2.24) is 10.2 Å². The standard InChI is InChI=1S/C21H30F4N2.C4H6O6/c22-18-8-7-17(20(13-18)21(23,24)25)15-27(19-9-11-26-12-10-19)14-16-5-3-1-2-4-6-16;5-1(3(7)8)2(6)4(9)10/h7-8,13,16,19,26H,1-6,9-12,14-15H2;1-2,5-6H,(H,7,8)(H,9,10)/t;1-,2-/m.1/s1. The molecular formula is C25H36F4N2O6. The number of aliphatic hydroxyl groups excluding tert-OH is 2. The summed E-state index contributed by atoms with van der Waals surface area (Å²) in [5.74, 6) is -3.81. The Hall–Kier alpha value is -2.28. The van der Waals surface area contributed by atoms with E-state index in [1.807, 2.05) is 0 Å². The largest absolute Gasteiger partial charge is 0.479 e. The molecule has 1 aromatic rings. The summed E-state index contributed by atoms with van der Waals surface area (Å²) in [6.07, 6.45) is 0.137. The summed E-state index contributed by atoms with van der Waals surface area (Å²) in [6.45, 7) is 2.90. The third-order valence-electron chi connectivity index (χ3n) is 6.85. The van der Waals surface area contributed by atoms with Crippen LogP contribution in [0.5, 0.6) is 0 Å². The smallest absolute Gasteiger partial charge is 0.416 e. The highest BCUT2D eigenvalue weighted by Crippen LogP contribution is 2.34. The number of hydrogen-bond acceptors (Lipinski definition) is 6. The Labute approximate surface area is 213 Å². The van der Waals surface area contributed by atoms with Crippen LogP contribution in [0.15, 0.2) is 18.2 Å². The first-order valence-corrected chi connectivity index (χ1v) is 12.5. The first kappa shape index (κ1) is 30.9. The summed E-state index contributed by atoms with van der Waals surface area (Å²) in [6, 6.07) is 3.40. The number of piperidine rings is 1. The lowest BCUT2D eigenvalue weighted by Crippen LogP contribution is -2.44. The number of carboxylic acids is 2. The predicted octanol–water partition coefficient (Wildman–Crippen LogP) is 3.25. The Morgan fingerprint density at radius 3 is 1.97 bits per heavy atom. The van der Waals surface area contributed by atoms with Gasteiger partial charge in [-0.05, 0) is 62.4 Å². The van der Waals surface area contributed by atoms with Crippen molar-refractivity contribution in [2.24, 2.45) is 5.92 Å². The fourth-order valence-electron chi connectivity index (χ4n) is 4.83. The topological polar surface area (TPSA) is 130 Å². The number of carbonyl (C=O) groups is 2. The molecule has 37 heavy (non-hydrogen) atoms. The average molecular weight is 537 g/mol. The third-order valence-corrected chi connectivity index (χ3v) is 6.85. The molecule has 1 saturated carbocycles. The molecule has 0 unspecified atom stereocenters. The molecule has 5 N–H and O–H groups in total. The second-order valence-electron chi connectivity index (χ2n) is 9.63. The third kappa shape index (κ3) is 10.2. The van der Waals surface area contributed by atoms with Gasteiger partial charge in [0.15, 0.2) is 12.2 Å². The fourth-order valence-corrected chi connectivity index (χ4v) is 4.83. The van der Waals surface area contributed by atoms with Crippen molar-refractivity contribution < 1.29 is 47.6 Å². The van der Waals surface area contributed by atoms with E-state index in [4.69, 9.17) is 20.4 Å². The molecule has 0 bridgehead atoms. The van der Waals surface area contributed by atoms with E-state index in [0.29, 0.717) is 18.0 Å². The number of rotatable bonds is 8. The molecular weight excluding hydrogens is 500 g/mol. The number of carboxylic acid groups (broad SMARTS) is 2. The fraction of sp³-hybridized carbons (Fsp3) is 0.680. The molecule has 0 radical (unpaired) electrons. The van der Waals surface area contributed by atoms with Crippen molar-refractivity contribution in [2.75, 3.05) is 19.6 Å². The zero-order valence-corrected chi connectivity index (χ0v) is 20.6. The summed E-state index contributed by atoms with van der Waals surface area (Å²) in [5, 5.41) is 35.9. The van der Waals surface area contributed by atoms with Crippen LogP contribution in [0, 0.1) is 11.7 Å². The monoisotopic (exact) mass is 536 g/mol. The average Bonchev–Trinajstić information content (AvgIpc) is 3.12. The minimum atomic E-state index is -4.53. The number of alkyl halides is 3. The van der Waals surface area contributed by atoms with Crippen LogP contribution in [0.2, 0.25) is 0 Å². The van der Waals surface area contributed by atoms with Crippen molar-refractivity contribution in [1.29, 1.82) is 0 Å². The Morgan fingerprint density at radius 2 is 1.49 bits per heavy atom. The lowest BCUT2D eigenvalue weighted by molar-refractivity contribution is -0.165. The molecule has 1 saturated heterocycles. The van der Waals surface area contributed by atoms with Crippen molar-refractivity contribution in [3.05, 3.63) is 35.1 Å². The Kier molecular flexibility index (Phi) is 12.2. The van der Waals surface area contributed by atoms with Crippen LogP contribution >= 0.6 is 0 Å². The lowest BCUT2D eigenvalue weighted by atomic mass is 9.95. The second kappa shape index (κ2) is 14.6. The minimum absolute atomic E-state index is 0.191. The normalized spacial score (nSPS) is 19.4. The molecule has 2 atom stereocenters. The van der Waals surface area contributed by atoms with Gasteiger partial charge in [0.1, 0.15) is 5.82 Å². The van der Waals surface area contributed by atoms with Gasteiger partial charge in [-0.1, -0.05) is 31.7 Å². The van der Waals surface area contributed by atoms with E-state index in [1.165, 1.54) is 31.7 Å². The molecule has 1 aromatic carbocycles. The summed E-state index contributed by atoms with van der Waals surface area (Å²) < 4.78 is 53.8. The van der Waals surface area contributed by atoms with Crippen LogP contribution in [-0.4, -0.2) is 75.1 Å². The predicted molar refractivity (Wildman–Crippen MR) is 126 cm³/mol. The van der Waals surface area contributed by atoms with E-state index in [0.717, 1.165) is 51.4 Å². The number of aliphatic carboxylic acids is 2. The maximum absolute atomic E-state index is 13.5. The Balaban J connectivity index is 0.000000410. The van der Waals surface area contributed by atoms with Crippen LogP contribution in [0.4, 0.5) is 17.6 Å². The van der Waals surface area contributed by atoms with Crippen LogP contribution < -0.4 is 5.32 Å². The first-order valence-electron chi connectivity index (χ1n) is 12.5. The number of nitrogens with zero attached hydrogens (tertiary/aromatic N) is 1. The van der Waals surface area contributed by atoms with Gasteiger partial charge in [-0.25, -0.2) is 14.0 Å². The SMILES string of the molecule is Fc1ccc(CN(CC2CCCCCC2)C2CCNCC2)c(C(F)(F)F)c1.O=C(O)[C@H](O)[C@@H](O)C(=O)O. The van der Waals surface area contributed by atoms with Crippen LogP contribution in [0.1, 0.15) is 62.5 Å². The summed E-state index contributed by atoms with van der Waals surface area (Å²) in [7, 11) is 0. The molecule has 210 valence electrons. The van der Waals surface area contributed by atoms with Crippen LogP contribution in [0.25, 0.3) is 0 Å². The maximum atomic E-state index is 13.5. The molecule has 3 rings (SSSR count). The van der Waals surface area contributed by atoms with E-state index in [1.54, 1.807) is 0 Å². The molecule has 2 aliphatic rings. The Bertz CT molecular complexity index is 853. The van der Waals surface area contributed by atoms with E-state index in [2.05, 4.69) is 10.2 Å². The van der Waals surface area contributed by atoms with Gasteiger partial charge in [-0.15, -0.1) is 0 Å². The summed E-state index contributed by atoms with van der Waals surface area (Å²) in [4.78, 5) is 21.8. The van der Waals surface area contributed by atoms with Crippen molar-refractivity contribution >= 4 is 11.9 Å². The van der Waals surface area contributed by atoms with E-state index in [9.17, 15) is 27.2 Å². The Morgan fingerprint density at radius 1 is 0.946 bits per heavy atom. The molecule has 0 spiro atoms. The molecule has 12 heteroatoms. The van der Waals surface area contributed by atoms with Gasteiger partial charge in [-0.3, -0.25) is 4.90 Å². The van der Waals surface area contributed by atoms with Gasteiger partial charge < -0.3 is 25.7 Å². The van der Waals surface area contributed by atoms with Crippen molar-refractivity contribution in [3.8, 4) is 0 Å². The number of hydrogen-bond donors (Lipinski definition) is 5. The summed E-state index contributed by atoms with van der Waals surface area (Å²) in [5.41, 5.74) is -0.640. The number of aliphatic hydroxyl groups is 2. The van der Waals surface area contributed by atoms with Gasteiger partial charge in [0.2, 0.25) is 0 Å². The highest BCUT2D eigenvalue weighted by molar-refractivity contribution is 5.83. The van der Waals surface area contributed by atoms with Crippen LogP contribution in [-0.2, 0) is 22.3 Å². The number of benzene rings is 1. The maximum Gasteiger partial charge on any atom is 0.416 e. The molecule has 0 amide bonds. The van der Waals surface area contributed by atoms with Crippen LogP contribution in [0.3, 0.4) is 0 Å². The second-order valence-corrected chi connectivity index (χ2v) is 9.63. The first-order chi connectivity index (χ1) is 17.4.